The van der Waals surface area contributed by atoms with Crippen LogP contribution in [0.1, 0.15) is 28.9 Å². The molecule has 0 radical (unpaired) electrons. The van der Waals surface area contributed by atoms with Crippen LogP contribution in [0.5, 0.6) is 0 Å². The van der Waals surface area contributed by atoms with Crippen molar-refractivity contribution in [2.45, 2.75) is 13.0 Å². The molecule has 1 aliphatic heterocycles. The number of ether oxygens (including phenoxy) is 1. The Morgan fingerprint density at radius 1 is 1.14 bits per heavy atom. The quantitative estimate of drug-likeness (QED) is 0.229. The minimum absolute atomic E-state index is 0.0650. The number of oxazole rings is 1. The van der Waals surface area contributed by atoms with Crippen LogP contribution < -0.4 is 16.0 Å². The van der Waals surface area contributed by atoms with Crippen molar-refractivity contribution in [3.05, 3.63) is 106 Å². The standard InChI is InChI=1S/C29H22ClFN8O4/c1-15-24(26(40)36-23-12-16(8-10-32-23)27(41)42-2)25(19-6-5-18(14-20(19)30)39-11-3-9-33-39)37-28(34-15)38-29-35-21-7-4-17(31)13-22(21)43-29/h3-14,25H,1-2H3,(H,32,36,40)(H2,34,35,37,38). The van der Waals surface area contributed by atoms with Crippen molar-refractivity contribution in [3.8, 4) is 5.69 Å². The minimum atomic E-state index is -0.895. The molecule has 0 bridgehead atoms. The van der Waals surface area contributed by atoms with Gasteiger partial charge < -0.3 is 19.8 Å². The largest absolute Gasteiger partial charge is 0.465 e. The molecule has 1 atom stereocenters. The Kier molecular flexibility index (Phi) is 7.30. The zero-order chi connectivity index (χ0) is 30.1. The summed E-state index contributed by atoms with van der Waals surface area (Å²) >= 11 is 6.77. The van der Waals surface area contributed by atoms with Crippen molar-refractivity contribution >= 4 is 52.4 Å². The van der Waals surface area contributed by atoms with Gasteiger partial charge in [-0.15, -0.1) is 0 Å². The molecular formula is C29H22ClFN8O4. The van der Waals surface area contributed by atoms with Crippen molar-refractivity contribution in [2.75, 3.05) is 17.7 Å². The van der Waals surface area contributed by atoms with Crippen molar-refractivity contribution < 1.29 is 23.1 Å². The molecule has 43 heavy (non-hydrogen) atoms. The lowest BCUT2D eigenvalue weighted by Gasteiger charge is -2.27. The molecule has 14 heteroatoms. The number of anilines is 2. The van der Waals surface area contributed by atoms with E-state index in [2.05, 4.69) is 31.0 Å². The number of benzene rings is 2. The van der Waals surface area contributed by atoms with Crippen LogP contribution in [0, 0.1) is 5.82 Å². The first-order chi connectivity index (χ1) is 20.8. The number of guanidine groups is 1. The second-order valence-corrected chi connectivity index (χ2v) is 9.74. The van der Waals surface area contributed by atoms with Gasteiger partial charge in [0.25, 0.3) is 5.91 Å². The number of nitrogens with one attached hydrogen (secondary N) is 3. The third kappa shape index (κ3) is 5.65. The highest BCUT2D eigenvalue weighted by Crippen LogP contribution is 2.36. The minimum Gasteiger partial charge on any atom is -0.465 e. The molecular weight excluding hydrogens is 579 g/mol. The molecule has 6 rings (SSSR count). The average Bonchev–Trinajstić information content (AvgIpc) is 3.66. The predicted molar refractivity (Wildman–Crippen MR) is 156 cm³/mol. The van der Waals surface area contributed by atoms with Crippen LogP contribution in [-0.2, 0) is 9.53 Å². The van der Waals surface area contributed by atoms with Crippen molar-refractivity contribution in [1.82, 2.24) is 25.1 Å². The van der Waals surface area contributed by atoms with Gasteiger partial charge in [0.15, 0.2) is 5.58 Å². The number of carbonyl (C=O) groups is 2. The Bertz CT molecular complexity index is 1940. The van der Waals surface area contributed by atoms with E-state index in [1.165, 1.54) is 43.6 Å². The van der Waals surface area contributed by atoms with Crippen LogP contribution >= 0.6 is 11.6 Å². The van der Waals surface area contributed by atoms with Gasteiger partial charge in [0, 0.05) is 40.9 Å². The smallest absolute Gasteiger partial charge is 0.338 e. The lowest BCUT2D eigenvalue weighted by atomic mass is 9.95. The maximum atomic E-state index is 13.7. The number of hydrogen-bond acceptors (Lipinski definition) is 10. The van der Waals surface area contributed by atoms with E-state index >= 15 is 0 Å². The normalized spacial score (nSPS) is 14.7. The lowest BCUT2D eigenvalue weighted by Crippen LogP contribution is -2.37. The molecule has 12 nitrogen and oxygen atoms in total. The van der Waals surface area contributed by atoms with Gasteiger partial charge in [-0.25, -0.2) is 23.8 Å². The molecule has 0 saturated carbocycles. The number of esters is 1. The molecule has 0 saturated heterocycles. The average molecular weight is 601 g/mol. The van der Waals surface area contributed by atoms with Gasteiger partial charge in [-0.05, 0) is 49.4 Å². The monoisotopic (exact) mass is 600 g/mol. The predicted octanol–water partition coefficient (Wildman–Crippen LogP) is 5.01. The molecule has 5 aromatic rings. The lowest BCUT2D eigenvalue weighted by molar-refractivity contribution is -0.113. The van der Waals surface area contributed by atoms with E-state index in [0.717, 1.165) is 0 Å². The maximum absolute atomic E-state index is 13.7. The van der Waals surface area contributed by atoms with E-state index < -0.39 is 23.7 Å². The summed E-state index contributed by atoms with van der Waals surface area (Å²) in [5.74, 6) is -1.21. The first kappa shape index (κ1) is 27.6. The van der Waals surface area contributed by atoms with Crippen LogP contribution in [0.15, 0.2) is 93.9 Å². The number of methoxy groups -OCH3 is 1. The van der Waals surface area contributed by atoms with Crippen LogP contribution in [0.4, 0.5) is 16.2 Å². The van der Waals surface area contributed by atoms with Crippen LogP contribution in [0.2, 0.25) is 5.02 Å². The maximum Gasteiger partial charge on any atom is 0.338 e. The number of allylic oxidation sites excluding steroid dienone is 1. The molecule has 4 heterocycles. The second kappa shape index (κ2) is 11.4. The van der Waals surface area contributed by atoms with E-state index in [9.17, 15) is 14.0 Å². The molecule has 0 fully saturated rings. The summed E-state index contributed by atoms with van der Waals surface area (Å²) in [6, 6.07) is 13.1. The Hall–Kier alpha value is -5.56. The second-order valence-electron chi connectivity index (χ2n) is 9.33. The summed E-state index contributed by atoms with van der Waals surface area (Å²) in [6.45, 7) is 1.70. The van der Waals surface area contributed by atoms with Gasteiger partial charge in [-0.1, -0.05) is 17.7 Å². The molecule has 0 spiro atoms. The van der Waals surface area contributed by atoms with E-state index in [-0.39, 0.29) is 34.5 Å². The molecule has 0 aliphatic carbocycles. The number of aromatic nitrogens is 4. The molecule has 3 N–H and O–H groups in total. The van der Waals surface area contributed by atoms with E-state index in [1.54, 1.807) is 48.3 Å². The molecule has 3 aromatic heterocycles. The van der Waals surface area contributed by atoms with Gasteiger partial charge in [-0.3, -0.25) is 10.1 Å². The fourth-order valence-corrected chi connectivity index (χ4v) is 4.82. The number of carbonyl (C=O) groups excluding carboxylic acids is 2. The van der Waals surface area contributed by atoms with Gasteiger partial charge >= 0.3 is 12.0 Å². The molecule has 1 amide bonds. The Labute approximate surface area is 248 Å². The first-order valence-corrected chi connectivity index (χ1v) is 13.2. The highest BCUT2D eigenvalue weighted by Gasteiger charge is 2.32. The highest BCUT2D eigenvalue weighted by atomic mass is 35.5. The van der Waals surface area contributed by atoms with Gasteiger partial charge in [0.1, 0.15) is 23.2 Å². The summed E-state index contributed by atoms with van der Waals surface area (Å²) < 4.78 is 25.7. The van der Waals surface area contributed by atoms with Crippen molar-refractivity contribution in [3.63, 3.8) is 0 Å². The number of pyridine rings is 1. The Morgan fingerprint density at radius 3 is 2.77 bits per heavy atom. The third-order valence-corrected chi connectivity index (χ3v) is 6.86. The number of halogens is 2. The molecule has 1 unspecified atom stereocenters. The number of nitrogens with zero attached hydrogens (tertiary/aromatic N) is 5. The van der Waals surface area contributed by atoms with E-state index in [1.807, 2.05) is 0 Å². The fraction of sp³-hybridized carbons (Fsp3) is 0.103. The molecule has 216 valence electrons. The summed E-state index contributed by atoms with van der Waals surface area (Å²) in [4.78, 5) is 38.9. The summed E-state index contributed by atoms with van der Waals surface area (Å²) in [7, 11) is 1.26. The number of amides is 1. The van der Waals surface area contributed by atoms with Gasteiger partial charge in [0.2, 0.25) is 5.96 Å². The molecule has 1 aliphatic rings. The summed E-state index contributed by atoms with van der Waals surface area (Å²) in [5, 5.41) is 13.3. The third-order valence-electron chi connectivity index (χ3n) is 6.53. The number of rotatable bonds is 6. The van der Waals surface area contributed by atoms with E-state index in [4.69, 9.17) is 25.7 Å². The van der Waals surface area contributed by atoms with Gasteiger partial charge in [0.05, 0.1) is 23.9 Å². The van der Waals surface area contributed by atoms with Gasteiger partial charge in [-0.2, -0.15) is 10.1 Å². The van der Waals surface area contributed by atoms with Crippen LogP contribution in [0.25, 0.3) is 16.8 Å². The number of aliphatic imine (C=N–C) groups is 1. The first-order valence-electron chi connectivity index (χ1n) is 12.8. The number of hydrogen-bond donors (Lipinski definition) is 3. The fourth-order valence-electron chi connectivity index (χ4n) is 4.54. The van der Waals surface area contributed by atoms with Crippen LogP contribution in [-0.4, -0.2) is 44.7 Å². The van der Waals surface area contributed by atoms with Crippen molar-refractivity contribution in [1.29, 1.82) is 0 Å². The van der Waals surface area contributed by atoms with Crippen molar-refractivity contribution in [2.24, 2.45) is 4.99 Å². The topological polar surface area (TPSA) is 149 Å². The number of fused-ring (bicyclic) bond motifs is 1. The summed E-state index contributed by atoms with van der Waals surface area (Å²) in [5.41, 5.74) is 2.84. The SMILES string of the molecule is COC(=O)c1ccnc(NC(=O)C2=C(C)NC(Nc3nc4ccc(F)cc4o3)=NC2c2ccc(-n3cccn3)cc2Cl)c1. The summed E-state index contributed by atoms with van der Waals surface area (Å²) in [6.07, 6.45) is 4.81. The zero-order valence-electron chi connectivity index (χ0n) is 22.6. The Morgan fingerprint density at radius 2 is 2.00 bits per heavy atom. The van der Waals surface area contributed by atoms with E-state index in [0.29, 0.717) is 27.5 Å². The molecule has 2 aromatic carbocycles. The zero-order valence-corrected chi connectivity index (χ0v) is 23.4. The van der Waals surface area contributed by atoms with Crippen LogP contribution in [0.3, 0.4) is 0 Å². The Balaban J connectivity index is 1.36. The highest BCUT2D eigenvalue weighted by molar-refractivity contribution is 6.31.